The Labute approximate surface area is 151 Å². The summed E-state index contributed by atoms with van der Waals surface area (Å²) in [7, 11) is 0. The number of nitriles is 1. The van der Waals surface area contributed by atoms with Gasteiger partial charge in [0.15, 0.2) is 0 Å². The third kappa shape index (κ3) is 4.00. The van der Waals surface area contributed by atoms with Crippen LogP contribution in [-0.2, 0) is 19.1 Å². The molecule has 0 spiro atoms. The standard InChI is InChI=1S/C18H20N4O4/c1-12(23)26-11-15-9-17(24)20-21-18(15)13-2-3-16(14(8-13)10-19)22-4-6-25-7-5-22/h2-3,8,15H,4-7,9,11H2,1H3,(H,20,24). The first-order chi connectivity index (χ1) is 12.6. The molecule has 2 aliphatic rings. The van der Waals surface area contributed by atoms with Gasteiger partial charge in [-0.2, -0.15) is 10.4 Å². The van der Waals surface area contributed by atoms with Gasteiger partial charge in [0, 0.05) is 32.4 Å². The second kappa shape index (κ2) is 7.97. The highest BCUT2D eigenvalue weighted by molar-refractivity contribution is 6.06. The van der Waals surface area contributed by atoms with E-state index < -0.39 is 5.97 Å². The third-order valence-corrected chi connectivity index (χ3v) is 4.37. The number of benzene rings is 1. The molecular weight excluding hydrogens is 336 g/mol. The highest BCUT2D eigenvalue weighted by Gasteiger charge is 2.27. The molecule has 0 aliphatic carbocycles. The summed E-state index contributed by atoms with van der Waals surface area (Å²) in [5, 5.41) is 13.7. The van der Waals surface area contributed by atoms with Crippen LogP contribution in [0.2, 0.25) is 0 Å². The van der Waals surface area contributed by atoms with Gasteiger partial charge in [-0.3, -0.25) is 9.59 Å². The number of carbonyl (C=O) groups is 2. The molecule has 1 aromatic rings. The number of nitrogens with one attached hydrogen (secondary N) is 1. The van der Waals surface area contributed by atoms with E-state index >= 15 is 0 Å². The molecule has 0 bridgehead atoms. The van der Waals surface area contributed by atoms with Crippen LogP contribution >= 0.6 is 0 Å². The summed E-state index contributed by atoms with van der Waals surface area (Å²) in [5.74, 6) is -0.972. The third-order valence-electron chi connectivity index (χ3n) is 4.37. The number of ether oxygens (including phenoxy) is 2. The van der Waals surface area contributed by atoms with Crippen LogP contribution in [0.15, 0.2) is 23.3 Å². The molecular formula is C18H20N4O4. The molecule has 1 amide bonds. The van der Waals surface area contributed by atoms with Crippen LogP contribution in [0.4, 0.5) is 5.69 Å². The number of hydrazone groups is 1. The summed E-state index contributed by atoms with van der Waals surface area (Å²) in [6.45, 7) is 4.14. The number of rotatable bonds is 4. The van der Waals surface area contributed by atoms with Gasteiger partial charge in [-0.1, -0.05) is 6.07 Å². The molecule has 0 aromatic heterocycles. The molecule has 26 heavy (non-hydrogen) atoms. The maximum Gasteiger partial charge on any atom is 0.302 e. The zero-order valence-corrected chi connectivity index (χ0v) is 14.5. The number of morpholine rings is 1. The van der Waals surface area contributed by atoms with E-state index in [1.165, 1.54) is 6.92 Å². The van der Waals surface area contributed by atoms with Crippen LogP contribution < -0.4 is 10.3 Å². The Kier molecular flexibility index (Phi) is 5.49. The smallest absolute Gasteiger partial charge is 0.302 e. The highest BCUT2D eigenvalue weighted by Crippen LogP contribution is 2.25. The van der Waals surface area contributed by atoms with E-state index in [0.29, 0.717) is 24.5 Å². The average molecular weight is 356 g/mol. The molecule has 1 N–H and O–H groups in total. The van der Waals surface area contributed by atoms with Crippen molar-refractivity contribution in [3.8, 4) is 6.07 Å². The van der Waals surface area contributed by atoms with Crippen LogP contribution in [0.25, 0.3) is 0 Å². The van der Waals surface area contributed by atoms with Crippen LogP contribution in [0.1, 0.15) is 24.5 Å². The molecule has 2 heterocycles. The number of hydrogen-bond acceptors (Lipinski definition) is 7. The lowest BCUT2D eigenvalue weighted by Crippen LogP contribution is -2.37. The van der Waals surface area contributed by atoms with Crippen molar-refractivity contribution < 1.29 is 19.1 Å². The molecule has 0 radical (unpaired) electrons. The van der Waals surface area contributed by atoms with Crippen molar-refractivity contribution >= 4 is 23.3 Å². The van der Waals surface area contributed by atoms with Crippen molar-refractivity contribution in [1.29, 1.82) is 5.26 Å². The molecule has 8 nitrogen and oxygen atoms in total. The lowest BCUT2D eigenvalue weighted by molar-refractivity contribution is -0.142. The van der Waals surface area contributed by atoms with Crippen LogP contribution in [0.3, 0.4) is 0 Å². The number of anilines is 1. The Balaban J connectivity index is 1.88. The van der Waals surface area contributed by atoms with E-state index in [1.807, 2.05) is 12.1 Å². The van der Waals surface area contributed by atoms with Gasteiger partial charge in [0.1, 0.15) is 12.7 Å². The zero-order valence-electron chi connectivity index (χ0n) is 14.5. The molecule has 136 valence electrons. The van der Waals surface area contributed by atoms with Crippen molar-refractivity contribution in [1.82, 2.24) is 5.43 Å². The molecule has 2 aliphatic heterocycles. The van der Waals surface area contributed by atoms with Crippen LogP contribution in [0, 0.1) is 17.2 Å². The molecule has 8 heteroatoms. The number of hydrogen-bond donors (Lipinski definition) is 1. The van der Waals surface area contributed by atoms with E-state index in [0.717, 1.165) is 24.3 Å². The first-order valence-electron chi connectivity index (χ1n) is 8.45. The fourth-order valence-corrected chi connectivity index (χ4v) is 3.10. The minimum Gasteiger partial charge on any atom is -0.465 e. The monoisotopic (exact) mass is 356 g/mol. The maximum atomic E-state index is 11.6. The van der Waals surface area contributed by atoms with Crippen molar-refractivity contribution in [2.45, 2.75) is 13.3 Å². The van der Waals surface area contributed by atoms with E-state index in [-0.39, 0.29) is 24.9 Å². The summed E-state index contributed by atoms with van der Waals surface area (Å²) < 4.78 is 10.4. The molecule has 1 saturated heterocycles. The van der Waals surface area contributed by atoms with E-state index in [1.54, 1.807) is 6.07 Å². The summed E-state index contributed by atoms with van der Waals surface area (Å²) in [6, 6.07) is 7.77. The van der Waals surface area contributed by atoms with Crippen molar-refractivity contribution in [2.75, 3.05) is 37.8 Å². The largest absolute Gasteiger partial charge is 0.465 e. The van der Waals surface area contributed by atoms with Gasteiger partial charge in [0.2, 0.25) is 5.91 Å². The normalized spacial score (nSPS) is 20.0. The lowest BCUT2D eigenvalue weighted by Gasteiger charge is -2.30. The summed E-state index contributed by atoms with van der Waals surface area (Å²) in [6.07, 6.45) is 0.180. The number of carbonyl (C=O) groups excluding carboxylic acids is 2. The molecule has 0 saturated carbocycles. The van der Waals surface area contributed by atoms with Gasteiger partial charge in [0.25, 0.3) is 0 Å². The summed E-state index contributed by atoms with van der Waals surface area (Å²) in [4.78, 5) is 24.9. The predicted octanol–water partition coefficient (Wildman–Crippen LogP) is 0.798. The lowest BCUT2D eigenvalue weighted by atomic mass is 9.91. The van der Waals surface area contributed by atoms with Gasteiger partial charge < -0.3 is 14.4 Å². The zero-order chi connectivity index (χ0) is 18.5. The van der Waals surface area contributed by atoms with Gasteiger partial charge in [-0.15, -0.1) is 0 Å². The van der Waals surface area contributed by atoms with E-state index in [9.17, 15) is 14.9 Å². The number of nitrogens with zero attached hydrogens (tertiary/aromatic N) is 3. The second-order valence-corrected chi connectivity index (χ2v) is 6.18. The van der Waals surface area contributed by atoms with E-state index in [2.05, 4.69) is 21.5 Å². The van der Waals surface area contributed by atoms with Gasteiger partial charge in [-0.05, 0) is 17.7 Å². The SMILES string of the molecule is CC(=O)OCC1CC(=O)NN=C1c1ccc(N2CCOCC2)c(C#N)c1. The van der Waals surface area contributed by atoms with Gasteiger partial charge >= 0.3 is 5.97 Å². The Morgan fingerprint density at radius 2 is 2.23 bits per heavy atom. The Hall–Kier alpha value is -2.92. The quantitative estimate of drug-likeness (QED) is 0.800. The fraction of sp³-hybridized carbons (Fsp3) is 0.444. The average Bonchev–Trinajstić information content (AvgIpc) is 2.66. The topological polar surface area (TPSA) is 104 Å². The minimum absolute atomic E-state index is 0.0781. The predicted molar refractivity (Wildman–Crippen MR) is 93.6 cm³/mol. The van der Waals surface area contributed by atoms with Gasteiger partial charge in [-0.25, -0.2) is 5.43 Å². The number of amides is 1. The second-order valence-electron chi connectivity index (χ2n) is 6.18. The molecule has 1 atom stereocenters. The summed E-state index contributed by atoms with van der Waals surface area (Å²) >= 11 is 0. The van der Waals surface area contributed by atoms with Crippen molar-refractivity contribution in [3.05, 3.63) is 29.3 Å². The molecule has 1 fully saturated rings. The summed E-state index contributed by atoms with van der Waals surface area (Å²) in [5.41, 5.74) is 5.20. The van der Waals surface area contributed by atoms with Crippen molar-refractivity contribution in [3.63, 3.8) is 0 Å². The highest BCUT2D eigenvalue weighted by atomic mass is 16.5. The maximum absolute atomic E-state index is 11.6. The molecule has 1 unspecified atom stereocenters. The molecule has 1 aromatic carbocycles. The van der Waals surface area contributed by atoms with E-state index in [4.69, 9.17) is 9.47 Å². The first kappa shape index (κ1) is 17.9. The van der Waals surface area contributed by atoms with Crippen LogP contribution in [0.5, 0.6) is 0 Å². The van der Waals surface area contributed by atoms with Crippen LogP contribution in [-0.4, -0.2) is 50.5 Å². The minimum atomic E-state index is -0.407. The molecule has 3 rings (SSSR count). The fourth-order valence-electron chi connectivity index (χ4n) is 3.10. The Morgan fingerprint density at radius 3 is 2.92 bits per heavy atom. The van der Waals surface area contributed by atoms with Crippen molar-refractivity contribution in [2.24, 2.45) is 11.0 Å². The van der Waals surface area contributed by atoms with Gasteiger partial charge in [0.05, 0.1) is 30.2 Å². The number of esters is 1. The first-order valence-corrected chi connectivity index (χ1v) is 8.45. The Morgan fingerprint density at radius 1 is 1.46 bits per heavy atom. The Bertz CT molecular complexity index is 778.